The van der Waals surface area contributed by atoms with Gasteiger partial charge < -0.3 is 0 Å². The molecule has 0 aliphatic heterocycles. The fourth-order valence-electron chi connectivity index (χ4n) is 4.33. The summed E-state index contributed by atoms with van der Waals surface area (Å²) in [5, 5.41) is 8.81. The van der Waals surface area contributed by atoms with E-state index >= 15 is 0 Å². The van der Waals surface area contributed by atoms with E-state index in [1.165, 1.54) is 34.7 Å². The third-order valence-corrected chi connectivity index (χ3v) is 17.1. The first-order valence-electron chi connectivity index (χ1n) is 12.3. The Hall–Kier alpha value is -2.39. The standard InChI is InChI=1S/C32H31P3Si/c1-36(2,3)31-25-24-30(34(26-16-8-4-9-17-26)27-18-10-5-11-19-27)32(33-31)35(28-20-12-6-13-21-28)29-22-14-7-15-23-29/h4-25H,1-3H3. The summed E-state index contributed by atoms with van der Waals surface area (Å²) in [5.41, 5.74) is 0. The predicted molar refractivity (Wildman–Crippen MR) is 169 cm³/mol. The monoisotopic (exact) mass is 536 g/mol. The fraction of sp³-hybridized carbons (Fsp3) is 0.0938. The van der Waals surface area contributed by atoms with Gasteiger partial charge >= 0.3 is 0 Å². The Kier molecular flexibility index (Phi) is 7.96. The smallest absolute Gasteiger partial charge is 0.0676 e. The molecule has 0 atom stereocenters. The maximum Gasteiger partial charge on any atom is 0.0835 e. The van der Waals surface area contributed by atoms with Crippen molar-refractivity contribution in [3.8, 4) is 0 Å². The summed E-state index contributed by atoms with van der Waals surface area (Å²) >= 11 is 0. The first kappa shape index (κ1) is 25.3. The first-order valence-corrected chi connectivity index (χ1v) is 19.4. The van der Waals surface area contributed by atoms with Crippen LogP contribution in [0.15, 0.2) is 133 Å². The maximum absolute atomic E-state index is 2.49. The van der Waals surface area contributed by atoms with Crippen molar-refractivity contribution in [2.24, 2.45) is 0 Å². The van der Waals surface area contributed by atoms with Crippen LogP contribution in [-0.2, 0) is 0 Å². The van der Waals surface area contributed by atoms with E-state index in [1.54, 1.807) is 9.95 Å². The lowest BCUT2D eigenvalue weighted by molar-refractivity contribution is 1.75. The van der Waals surface area contributed by atoms with E-state index in [0.717, 1.165) is 0 Å². The average Bonchev–Trinajstić information content (AvgIpc) is 2.92. The van der Waals surface area contributed by atoms with Gasteiger partial charge in [-0.3, -0.25) is 0 Å². The molecule has 0 saturated carbocycles. The van der Waals surface area contributed by atoms with Crippen molar-refractivity contribution in [2.75, 3.05) is 0 Å². The Bertz CT molecular complexity index is 1320. The van der Waals surface area contributed by atoms with Gasteiger partial charge in [0.15, 0.2) is 0 Å². The van der Waals surface area contributed by atoms with Gasteiger partial charge in [-0.2, -0.15) is 0 Å². The van der Waals surface area contributed by atoms with Crippen LogP contribution in [0.3, 0.4) is 0 Å². The second kappa shape index (κ2) is 11.3. The van der Waals surface area contributed by atoms with Crippen molar-refractivity contribution < 1.29 is 0 Å². The number of rotatable bonds is 7. The summed E-state index contributed by atoms with van der Waals surface area (Å²) in [6.07, 6.45) is 0. The van der Waals surface area contributed by atoms with Gasteiger partial charge in [0.2, 0.25) is 0 Å². The molecular weight excluding hydrogens is 505 g/mol. The molecule has 1 heterocycles. The highest BCUT2D eigenvalue weighted by molar-refractivity contribution is 7.90. The van der Waals surface area contributed by atoms with E-state index in [-0.39, 0.29) is 0 Å². The van der Waals surface area contributed by atoms with E-state index < -0.39 is 23.9 Å². The van der Waals surface area contributed by atoms with Crippen LogP contribution in [0.2, 0.25) is 19.6 Å². The van der Waals surface area contributed by atoms with Gasteiger partial charge in [0, 0.05) is 5.04 Å². The molecular formula is C32H31P3Si. The molecule has 0 bridgehead atoms. The summed E-state index contributed by atoms with van der Waals surface area (Å²) in [5.74, 6) is 0. The van der Waals surface area contributed by atoms with Crippen LogP contribution in [0.4, 0.5) is 0 Å². The Labute approximate surface area is 221 Å². The highest BCUT2D eigenvalue weighted by Crippen LogP contribution is 2.41. The summed E-state index contributed by atoms with van der Waals surface area (Å²) in [6, 6.07) is 49.6. The quantitative estimate of drug-likeness (QED) is 0.169. The van der Waals surface area contributed by atoms with Gasteiger partial charge in [-0.05, 0) is 47.3 Å². The molecule has 5 rings (SSSR count). The van der Waals surface area contributed by atoms with Crippen LogP contribution >= 0.6 is 24.0 Å². The van der Waals surface area contributed by atoms with Crippen LogP contribution in [-0.4, -0.2) is 8.07 Å². The number of hydrogen-bond donors (Lipinski definition) is 0. The fourth-order valence-corrected chi connectivity index (χ4v) is 14.2. The zero-order valence-corrected chi connectivity index (χ0v) is 24.7. The largest absolute Gasteiger partial charge is 0.0835 e. The Morgan fingerprint density at radius 1 is 0.444 bits per heavy atom. The Morgan fingerprint density at radius 3 is 1.17 bits per heavy atom. The molecule has 5 aromatic rings. The lowest BCUT2D eigenvalue weighted by atomic mass is 10.4. The summed E-state index contributed by atoms with van der Waals surface area (Å²) < 4.78 is 0. The number of benzene rings is 4. The van der Waals surface area contributed by atoms with Gasteiger partial charge in [0.1, 0.15) is 0 Å². The lowest BCUT2D eigenvalue weighted by Gasteiger charge is -2.29. The lowest BCUT2D eigenvalue weighted by Crippen LogP contribution is -2.40. The van der Waals surface area contributed by atoms with E-state index in [0.29, 0.717) is 0 Å². The normalized spacial score (nSPS) is 11.9. The molecule has 0 amide bonds. The van der Waals surface area contributed by atoms with Crippen molar-refractivity contribution >= 4 is 68.6 Å². The highest BCUT2D eigenvalue weighted by Gasteiger charge is 2.28. The van der Waals surface area contributed by atoms with Crippen molar-refractivity contribution in [1.29, 1.82) is 0 Å². The topological polar surface area (TPSA) is 0 Å². The van der Waals surface area contributed by atoms with Crippen LogP contribution in [0.25, 0.3) is 0 Å². The zero-order chi connectivity index (χ0) is 25.0. The molecule has 0 aliphatic rings. The van der Waals surface area contributed by atoms with Crippen molar-refractivity contribution in [3.05, 3.63) is 133 Å². The first-order chi connectivity index (χ1) is 17.5. The van der Waals surface area contributed by atoms with E-state index in [1.807, 2.05) is 0 Å². The van der Waals surface area contributed by atoms with E-state index in [2.05, 4.69) is 153 Å². The summed E-state index contributed by atoms with van der Waals surface area (Å²) in [7, 11) is -1.39. The molecule has 0 unspecified atom stereocenters. The third kappa shape index (κ3) is 5.62. The van der Waals surface area contributed by atoms with Crippen molar-refractivity contribution in [1.82, 2.24) is 0 Å². The van der Waals surface area contributed by atoms with Crippen LogP contribution < -0.4 is 36.5 Å². The molecule has 0 N–H and O–H groups in total. The predicted octanol–water partition coefficient (Wildman–Crippen LogP) is 6.33. The highest BCUT2D eigenvalue weighted by atomic mass is 31.2. The summed E-state index contributed by atoms with van der Waals surface area (Å²) in [4.78, 5) is 1.62. The van der Waals surface area contributed by atoms with E-state index in [9.17, 15) is 0 Å². The Balaban J connectivity index is 1.82. The minimum Gasteiger partial charge on any atom is -0.0676 e. The molecule has 0 fully saturated rings. The minimum atomic E-state index is -1.47. The third-order valence-electron chi connectivity index (χ3n) is 6.13. The van der Waals surface area contributed by atoms with Crippen molar-refractivity contribution in [2.45, 2.75) is 19.6 Å². The van der Waals surface area contributed by atoms with Crippen molar-refractivity contribution in [3.63, 3.8) is 0 Å². The molecule has 0 radical (unpaired) electrons. The number of hydrogen-bond acceptors (Lipinski definition) is 0. The van der Waals surface area contributed by atoms with Gasteiger partial charge in [-0.25, -0.2) is 0 Å². The van der Waals surface area contributed by atoms with Crippen LogP contribution in [0.1, 0.15) is 0 Å². The maximum atomic E-state index is 2.49. The molecule has 1 aromatic heterocycles. The minimum absolute atomic E-state index is 0.662. The molecule has 178 valence electrons. The van der Waals surface area contributed by atoms with Crippen LogP contribution in [0.5, 0.6) is 0 Å². The zero-order valence-electron chi connectivity index (χ0n) is 21.0. The average molecular weight is 537 g/mol. The molecule has 0 aliphatic carbocycles. The molecule has 4 heteroatoms. The molecule has 0 nitrogen and oxygen atoms in total. The molecule has 36 heavy (non-hydrogen) atoms. The molecule has 0 saturated heterocycles. The van der Waals surface area contributed by atoms with Gasteiger partial charge in [-0.15, -0.1) is 0 Å². The second-order valence-electron chi connectivity index (χ2n) is 9.80. The second-order valence-corrected chi connectivity index (χ2v) is 21.1. The van der Waals surface area contributed by atoms with Crippen LogP contribution in [0, 0.1) is 0 Å². The molecule has 0 spiro atoms. The SMILES string of the molecule is C[Si](C)(C)c1ccc(P(c2ccccc2)c2ccccc2)c(P(c2ccccc2)c2ccccc2)p1. The van der Waals surface area contributed by atoms with Gasteiger partial charge in [-0.1, -0.05) is 161 Å². The summed E-state index contributed by atoms with van der Waals surface area (Å²) in [6.45, 7) is 7.44. The van der Waals surface area contributed by atoms with Gasteiger partial charge in [0.05, 0.1) is 8.07 Å². The Morgan fingerprint density at radius 2 is 0.806 bits per heavy atom. The van der Waals surface area contributed by atoms with E-state index in [4.69, 9.17) is 0 Å². The van der Waals surface area contributed by atoms with Gasteiger partial charge in [0.25, 0.3) is 0 Å². The molecule has 4 aromatic carbocycles.